The number of pyridine rings is 1. The molecule has 2 aliphatic rings. The number of carbonyl (C=O) groups is 1. The van der Waals surface area contributed by atoms with Crippen molar-refractivity contribution in [3.05, 3.63) is 63.1 Å². The number of hydrogen-bond donors (Lipinski definition) is 3. The lowest BCUT2D eigenvalue weighted by molar-refractivity contribution is -0.138. The zero-order chi connectivity index (χ0) is 26.2. The second kappa shape index (κ2) is 10.0. The van der Waals surface area contributed by atoms with Gasteiger partial charge in [0.25, 0.3) is 5.91 Å². The molecule has 36 heavy (non-hydrogen) atoms. The smallest absolute Gasteiger partial charge is 0.367 e. The molecule has 0 bridgehead atoms. The Hall–Kier alpha value is -3.25. The molecule has 2 aromatic rings. The van der Waals surface area contributed by atoms with Gasteiger partial charge in [-0.15, -0.1) is 0 Å². The van der Waals surface area contributed by atoms with Gasteiger partial charge in [0.1, 0.15) is 11.5 Å². The van der Waals surface area contributed by atoms with Gasteiger partial charge in [0.05, 0.1) is 22.4 Å². The maximum absolute atomic E-state index is 15.9. The molecule has 0 unspecified atom stereocenters. The molecule has 1 fully saturated rings. The van der Waals surface area contributed by atoms with Gasteiger partial charge in [0, 0.05) is 50.6 Å². The Morgan fingerprint density at radius 2 is 1.94 bits per heavy atom. The van der Waals surface area contributed by atoms with Crippen molar-refractivity contribution in [1.82, 2.24) is 15.2 Å². The summed E-state index contributed by atoms with van der Waals surface area (Å²) >= 11 is 0. The summed E-state index contributed by atoms with van der Waals surface area (Å²) in [5.74, 6) is -3.19. The first-order valence-corrected chi connectivity index (χ1v) is 11.5. The number of likely N-dealkylation sites (N-methyl/N-ethyl adjacent to an activating group) is 1. The molecule has 12 heteroatoms. The average Bonchev–Trinajstić information content (AvgIpc) is 2.82. The fourth-order valence-corrected chi connectivity index (χ4v) is 4.45. The number of halogens is 5. The molecule has 1 aromatic carbocycles. The van der Waals surface area contributed by atoms with E-state index >= 15 is 8.78 Å². The molecule has 7 nitrogen and oxygen atoms in total. The van der Waals surface area contributed by atoms with E-state index in [-0.39, 0.29) is 29.9 Å². The standard InChI is InChI=1S/C24H26F5N5O2/c1-13-12-34(7-6-33(13)2)18-9-17(25)20(14-4-3-5-30-10-14)21(26)22(18)32-23(36)15-11-31-19(35)8-16(15)24(27,28)29/h4,8-9,11,13,30H,3,5-7,10,12H2,1-2H3,(H,31,35)(H,32,36)/t13-/m0/s1. The zero-order valence-corrected chi connectivity index (χ0v) is 19.7. The number of rotatable bonds is 4. The Morgan fingerprint density at radius 3 is 2.58 bits per heavy atom. The van der Waals surface area contributed by atoms with Crippen LogP contribution in [0, 0.1) is 11.6 Å². The van der Waals surface area contributed by atoms with E-state index in [1.807, 2.05) is 14.0 Å². The molecule has 1 amide bonds. The second-order valence-electron chi connectivity index (χ2n) is 8.99. The summed E-state index contributed by atoms with van der Waals surface area (Å²) in [4.78, 5) is 30.3. The van der Waals surface area contributed by atoms with E-state index in [4.69, 9.17) is 0 Å². The van der Waals surface area contributed by atoms with Crippen LogP contribution in [-0.2, 0) is 6.18 Å². The number of H-pyrrole nitrogens is 1. The molecule has 1 aromatic heterocycles. The molecular formula is C24H26F5N5O2. The number of aromatic nitrogens is 1. The molecule has 2 aliphatic heterocycles. The third-order valence-electron chi connectivity index (χ3n) is 6.56. The van der Waals surface area contributed by atoms with Crippen molar-refractivity contribution >= 4 is 22.9 Å². The molecule has 194 valence electrons. The van der Waals surface area contributed by atoms with Crippen molar-refractivity contribution in [2.75, 3.05) is 50.0 Å². The molecule has 0 aliphatic carbocycles. The molecule has 0 saturated carbocycles. The van der Waals surface area contributed by atoms with Crippen LogP contribution in [0.4, 0.5) is 33.3 Å². The highest BCUT2D eigenvalue weighted by Gasteiger charge is 2.37. The zero-order valence-electron chi connectivity index (χ0n) is 19.7. The molecule has 1 saturated heterocycles. The first kappa shape index (κ1) is 25.8. The monoisotopic (exact) mass is 511 g/mol. The third kappa shape index (κ3) is 5.14. The topological polar surface area (TPSA) is 80.5 Å². The highest BCUT2D eigenvalue weighted by atomic mass is 19.4. The van der Waals surface area contributed by atoms with Crippen LogP contribution in [-0.4, -0.2) is 61.6 Å². The van der Waals surface area contributed by atoms with Crippen molar-refractivity contribution in [1.29, 1.82) is 0 Å². The summed E-state index contributed by atoms with van der Waals surface area (Å²) in [7, 11) is 1.91. The Morgan fingerprint density at radius 1 is 1.19 bits per heavy atom. The molecule has 3 N–H and O–H groups in total. The number of hydrogen-bond acceptors (Lipinski definition) is 5. The van der Waals surface area contributed by atoms with Gasteiger partial charge >= 0.3 is 6.18 Å². The van der Waals surface area contributed by atoms with E-state index in [0.29, 0.717) is 44.4 Å². The van der Waals surface area contributed by atoms with Gasteiger partial charge in [0.15, 0.2) is 5.82 Å². The van der Waals surface area contributed by atoms with E-state index in [2.05, 4.69) is 20.5 Å². The highest BCUT2D eigenvalue weighted by Crippen LogP contribution is 2.38. The van der Waals surface area contributed by atoms with Crippen LogP contribution in [0.1, 0.15) is 34.8 Å². The molecule has 4 rings (SSSR count). The highest BCUT2D eigenvalue weighted by molar-refractivity contribution is 6.07. The molecule has 0 spiro atoms. The number of nitrogens with zero attached hydrogens (tertiary/aromatic N) is 2. The van der Waals surface area contributed by atoms with Crippen LogP contribution < -0.4 is 21.1 Å². The first-order valence-electron chi connectivity index (χ1n) is 11.5. The van der Waals surface area contributed by atoms with Crippen molar-refractivity contribution < 1.29 is 26.7 Å². The van der Waals surface area contributed by atoms with E-state index < -0.39 is 46.1 Å². The number of aromatic amines is 1. The maximum atomic E-state index is 15.9. The Labute approximate surface area is 204 Å². The van der Waals surface area contributed by atoms with Crippen LogP contribution in [0.25, 0.3) is 5.57 Å². The minimum atomic E-state index is -5.00. The number of nitrogens with one attached hydrogen (secondary N) is 3. The van der Waals surface area contributed by atoms with Crippen LogP contribution in [0.3, 0.4) is 0 Å². The maximum Gasteiger partial charge on any atom is 0.417 e. The SMILES string of the molecule is C[C@H]1CN(c2cc(F)c(C3=CCCNC3)c(F)c2NC(=O)c2c[nH]c(=O)cc2C(F)(F)F)CCN1C. The van der Waals surface area contributed by atoms with Crippen LogP contribution in [0.5, 0.6) is 0 Å². The van der Waals surface area contributed by atoms with Gasteiger partial charge in [-0.05, 0) is 32.5 Å². The van der Waals surface area contributed by atoms with E-state index in [9.17, 15) is 22.8 Å². The van der Waals surface area contributed by atoms with Crippen molar-refractivity contribution in [2.24, 2.45) is 0 Å². The third-order valence-corrected chi connectivity index (χ3v) is 6.56. The van der Waals surface area contributed by atoms with Crippen LogP contribution in [0.2, 0.25) is 0 Å². The summed E-state index contributed by atoms with van der Waals surface area (Å²) in [6, 6.07) is 1.40. The van der Waals surface area contributed by atoms with Crippen LogP contribution >= 0.6 is 0 Å². The molecular weight excluding hydrogens is 485 g/mol. The van der Waals surface area contributed by atoms with Gasteiger partial charge in [-0.2, -0.15) is 13.2 Å². The lowest BCUT2D eigenvalue weighted by atomic mass is 9.98. The van der Waals surface area contributed by atoms with Gasteiger partial charge in [0.2, 0.25) is 5.56 Å². The largest absolute Gasteiger partial charge is 0.417 e. The van der Waals surface area contributed by atoms with Crippen LogP contribution in [0.15, 0.2) is 29.2 Å². The lowest BCUT2D eigenvalue weighted by Gasteiger charge is -2.40. The number of piperazine rings is 1. The lowest BCUT2D eigenvalue weighted by Crippen LogP contribution is -2.50. The van der Waals surface area contributed by atoms with E-state index in [0.717, 1.165) is 6.07 Å². The fraction of sp³-hybridized carbons (Fsp3) is 0.417. The van der Waals surface area contributed by atoms with Gasteiger partial charge in [-0.1, -0.05) is 6.08 Å². The minimum Gasteiger partial charge on any atom is -0.367 e. The fourth-order valence-electron chi connectivity index (χ4n) is 4.45. The molecule has 3 heterocycles. The minimum absolute atomic E-state index is 0.0226. The van der Waals surface area contributed by atoms with E-state index in [1.54, 1.807) is 11.0 Å². The Balaban J connectivity index is 1.82. The number of alkyl halides is 3. The number of anilines is 2. The van der Waals surface area contributed by atoms with Gasteiger partial charge in [-0.25, -0.2) is 8.78 Å². The Bertz CT molecular complexity index is 1260. The molecule has 1 atom stereocenters. The van der Waals surface area contributed by atoms with Gasteiger partial charge in [-0.3, -0.25) is 9.59 Å². The quantitative estimate of drug-likeness (QED) is 0.549. The molecule has 0 radical (unpaired) electrons. The summed E-state index contributed by atoms with van der Waals surface area (Å²) < 4.78 is 71.8. The second-order valence-corrected chi connectivity index (χ2v) is 8.99. The van der Waals surface area contributed by atoms with Gasteiger partial charge < -0.3 is 25.4 Å². The Kier molecular flexibility index (Phi) is 7.19. The number of amides is 1. The summed E-state index contributed by atoms with van der Waals surface area (Å²) in [6.07, 6.45) is -2.14. The number of benzene rings is 1. The normalized spacial score (nSPS) is 19.2. The van der Waals surface area contributed by atoms with E-state index in [1.165, 1.54) is 0 Å². The summed E-state index contributed by atoms with van der Waals surface area (Å²) in [6.45, 7) is 4.12. The first-order chi connectivity index (χ1) is 17.0. The average molecular weight is 511 g/mol. The van der Waals surface area contributed by atoms with Crippen molar-refractivity contribution in [3.8, 4) is 0 Å². The van der Waals surface area contributed by atoms with Crippen molar-refractivity contribution in [2.45, 2.75) is 25.6 Å². The predicted octanol–water partition coefficient (Wildman–Crippen LogP) is 3.44. The summed E-state index contributed by atoms with van der Waals surface area (Å²) in [5, 5.41) is 5.28. The summed E-state index contributed by atoms with van der Waals surface area (Å²) in [5.41, 5.74) is -3.77. The number of carbonyl (C=O) groups excluding carboxylic acids is 1. The van der Waals surface area contributed by atoms with Crippen molar-refractivity contribution in [3.63, 3.8) is 0 Å². The predicted molar refractivity (Wildman–Crippen MR) is 126 cm³/mol.